The summed E-state index contributed by atoms with van der Waals surface area (Å²) in [6.07, 6.45) is 1.85. The zero-order chi connectivity index (χ0) is 10.3. The summed E-state index contributed by atoms with van der Waals surface area (Å²) in [4.78, 5) is 11.9. The van der Waals surface area contributed by atoms with Crippen LogP contribution in [0.2, 0.25) is 0 Å². The first-order chi connectivity index (χ1) is 6.53. The second-order valence-corrected chi connectivity index (χ2v) is 7.31. The Morgan fingerprint density at radius 1 is 1.50 bits per heavy atom. The fraction of sp³-hybridized carbons (Fsp3) is 0.667. The number of hydrogen-bond donors (Lipinski definition) is 0. The lowest BCUT2D eigenvalue weighted by Gasteiger charge is -2.31. The van der Waals surface area contributed by atoms with Crippen LogP contribution in [0, 0.1) is 14.1 Å². The van der Waals surface area contributed by atoms with Crippen LogP contribution in [-0.4, -0.2) is 0 Å². The summed E-state index contributed by atoms with van der Waals surface area (Å²) in [6.45, 7) is 4.34. The van der Waals surface area contributed by atoms with Crippen LogP contribution >= 0.6 is 32.9 Å². The molecule has 1 aliphatic rings. The summed E-state index contributed by atoms with van der Waals surface area (Å²) in [7, 11) is 3.23. The Kier molecular flexibility index (Phi) is 2.57. The van der Waals surface area contributed by atoms with Crippen molar-refractivity contribution in [3.63, 3.8) is 0 Å². The van der Waals surface area contributed by atoms with E-state index in [1.165, 1.54) is 5.56 Å². The highest BCUT2D eigenvalue weighted by Crippen LogP contribution is 2.46. The standard InChI is InChI=1S/C9H11NOS3/c1-9(2)3-5-7(6(4-9)10-11)13-14-8(5)12/h6H,3-4H2,1-2H3. The monoisotopic (exact) mass is 245 g/mol. The average molecular weight is 245 g/mol. The fourth-order valence-corrected chi connectivity index (χ4v) is 4.96. The quantitative estimate of drug-likeness (QED) is 0.419. The normalized spacial score (nSPS) is 24.3. The molecular formula is C9H11NOS3. The molecule has 1 aromatic rings. The van der Waals surface area contributed by atoms with Gasteiger partial charge in [-0.05, 0) is 23.8 Å². The average Bonchev–Trinajstić information content (AvgIpc) is 2.45. The van der Waals surface area contributed by atoms with Gasteiger partial charge in [-0.15, -0.1) is 0 Å². The van der Waals surface area contributed by atoms with E-state index in [1.54, 1.807) is 20.7 Å². The smallest absolute Gasteiger partial charge is 0.128 e. The molecule has 0 N–H and O–H groups in total. The van der Waals surface area contributed by atoms with Gasteiger partial charge >= 0.3 is 0 Å². The Labute approximate surface area is 95.3 Å². The molecule has 1 aliphatic carbocycles. The largest absolute Gasteiger partial charge is 0.150 e. The molecule has 0 aliphatic heterocycles. The Balaban J connectivity index is 2.53. The van der Waals surface area contributed by atoms with Gasteiger partial charge in [-0.3, -0.25) is 0 Å². The van der Waals surface area contributed by atoms with Gasteiger partial charge in [0.05, 0.1) is 0 Å². The van der Waals surface area contributed by atoms with E-state index in [2.05, 4.69) is 19.0 Å². The van der Waals surface area contributed by atoms with E-state index < -0.39 is 0 Å². The molecule has 0 saturated carbocycles. The van der Waals surface area contributed by atoms with Crippen LogP contribution in [0.3, 0.4) is 0 Å². The summed E-state index contributed by atoms with van der Waals surface area (Å²) < 4.78 is 0.950. The summed E-state index contributed by atoms with van der Waals surface area (Å²) in [5.74, 6) is 0. The predicted octanol–water partition coefficient (Wildman–Crippen LogP) is 4.32. The molecule has 5 heteroatoms. The second-order valence-electron chi connectivity index (χ2n) is 4.46. The van der Waals surface area contributed by atoms with Crippen molar-refractivity contribution in [2.45, 2.75) is 32.7 Å². The van der Waals surface area contributed by atoms with Crippen molar-refractivity contribution in [1.29, 1.82) is 0 Å². The SMILES string of the molecule is CC1(C)Cc2c(ssc2=S)C(N=O)C1. The zero-order valence-corrected chi connectivity index (χ0v) is 10.5. The van der Waals surface area contributed by atoms with E-state index in [0.29, 0.717) is 0 Å². The molecule has 0 spiro atoms. The third kappa shape index (κ3) is 1.68. The zero-order valence-electron chi connectivity index (χ0n) is 8.07. The highest BCUT2D eigenvalue weighted by Gasteiger charge is 2.35. The Bertz CT molecular complexity index is 418. The van der Waals surface area contributed by atoms with Crippen molar-refractivity contribution in [2.24, 2.45) is 10.6 Å². The van der Waals surface area contributed by atoms with E-state index in [9.17, 15) is 4.91 Å². The molecule has 1 aromatic heterocycles. The van der Waals surface area contributed by atoms with Gasteiger partial charge in [-0.25, -0.2) is 0 Å². The van der Waals surface area contributed by atoms with E-state index in [-0.39, 0.29) is 11.5 Å². The lowest BCUT2D eigenvalue weighted by molar-refractivity contribution is 0.286. The van der Waals surface area contributed by atoms with E-state index in [0.717, 1.165) is 21.5 Å². The Morgan fingerprint density at radius 2 is 2.21 bits per heavy atom. The van der Waals surface area contributed by atoms with E-state index in [1.807, 2.05) is 0 Å². The molecule has 14 heavy (non-hydrogen) atoms. The first kappa shape index (κ1) is 10.4. The molecule has 0 radical (unpaired) electrons. The molecule has 1 unspecified atom stereocenters. The highest BCUT2D eigenvalue weighted by molar-refractivity contribution is 7.79. The minimum atomic E-state index is -0.160. The van der Waals surface area contributed by atoms with Crippen molar-refractivity contribution < 1.29 is 0 Å². The van der Waals surface area contributed by atoms with Crippen molar-refractivity contribution in [1.82, 2.24) is 0 Å². The van der Waals surface area contributed by atoms with Gasteiger partial charge in [-0.1, -0.05) is 51.9 Å². The molecule has 2 rings (SSSR count). The summed E-state index contributed by atoms with van der Waals surface area (Å²) in [5, 5.41) is 3.22. The van der Waals surface area contributed by atoms with Crippen LogP contribution in [-0.2, 0) is 6.42 Å². The molecular weight excluding hydrogens is 234 g/mol. The van der Waals surface area contributed by atoms with Gasteiger partial charge in [0.1, 0.15) is 9.87 Å². The Hall–Kier alpha value is -0.130. The number of fused-ring (bicyclic) bond motifs is 1. The highest BCUT2D eigenvalue weighted by atomic mass is 32.9. The molecule has 0 saturated heterocycles. The van der Waals surface area contributed by atoms with Crippen LogP contribution in [0.1, 0.15) is 36.8 Å². The van der Waals surface area contributed by atoms with Crippen molar-refractivity contribution in [2.75, 3.05) is 0 Å². The van der Waals surface area contributed by atoms with Crippen molar-refractivity contribution in [3.05, 3.63) is 19.2 Å². The van der Waals surface area contributed by atoms with Crippen LogP contribution in [0.5, 0.6) is 0 Å². The van der Waals surface area contributed by atoms with Gasteiger partial charge in [0.15, 0.2) is 0 Å². The maximum atomic E-state index is 10.7. The van der Waals surface area contributed by atoms with Gasteiger partial charge in [0.2, 0.25) is 0 Å². The maximum absolute atomic E-state index is 10.7. The van der Waals surface area contributed by atoms with Crippen molar-refractivity contribution >= 4 is 32.9 Å². The van der Waals surface area contributed by atoms with Gasteiger partial charge in [0, 0.05) is 4.88 Å². The van der Waals surface area contributed by atoms with Gasteiger partial charge < -0.3 is 0 Å². The second kappa shape index (κ2) is 3.47. The van der Waals surface area contributed by atoms with Crippen LogP contribution in [0.15, 0.2) is 5.18 Å². The maximum Gasteiger partial charge on any atom is 0.128 e. The molecule has 1 atom stereocenters. The number of hydrogen-bond acceptors (Lipinski definition) is 5. The number of nitrogens with zero attached hydrogens (tertiary/aromatic N) is 1. The van der Waals surface area contributed by atoms with Gasteiger partial charge in [-0.2, -0.15) is 4.91 Å². The minimum Gasteiger partial charge on any atom is -0.150 e. The molecule has 0 amide bonds. The van der Waals surface area contributed by atoms with E-state index in [4.69, 9.17) is 12.2 Å². The van der Waals surface area contributed by atoms with E-state index >= 15 is 0 Å². The molecule has 76 valence electrons. The van der Waals surface area contributed by atoms with Crippen LogP contribution < -0.4 is 0 Å². The predicted molar refractivity (Wildman–Crippen MR) is 63.7 cm³/mol. The summed E-state index contributed by atoms with van der Waals surface area (Å²) >= 11 is 5.26. The molecule has 2 nitrogen and oxygen atoms in total. The first-order valence-electron chi connectivity index (χ1n) is 4.48. The third-order valence-electron chi connectivity index (χ3n) is 2.58. The van der Waals surface area contributed by atoms with Crippen LogP contribution in [0.25, 0.3) is 0 Å². The fourth-order valence-electron chi connectivity index (χ4n) is 1.95. The first-order valence-corrected chi connectivity index (χ1v) is 7.04. The third-order valence-corrected chi connectivity index (χ3v) is 5.86. The molecule has 0 fully saturated rings. The van der Waals surface area contributed by atoms with Gasteiger partial charge in [0.25, 0.3) is 0 Å². The number of rotatable bonds is 1. The molecule has 0 bridgehead atoms. The summed E-state index contributed by atoms with van der Waals surface area (Å²) in [6, 6.07) is -0.160. The number of nitroso groups, excluding NO2 is 1. The van der Waals surface area contributed by atoms with Crippen LogP contribution in [0.4, 0.5) is 0 Å². The lowest BCUT2D eigenvalue weighted by Crippen LogP contribution is -2.23. The Morgan fingerprint density at radius 3 is 2.86 bits per heavy atom. The molecule has 0 aromatic carbocycles. The lowest BCUT2D eigenvalue weighted by atomic mass is 9.75. The minimum absolute atomic E-state index is 0.160. The summed E-state index contributed by atoms with van der Waals surface area (Å²) in [5.41, 5.74) is 1.36. The molecule has 1 heterocycles. The topological polar surface area (TPSA) is 29.4 Å². The van der Waals surface area contributed by atoms with Crippen molar-refractivity contribution in [3.8, 4) is 0 Å².